The number of anilines is 1. The molecule has 0 atom stereocenters. The van der Waals surface area contributed by atoms with Gasteiger partial charge in [0.05, 0.1) is 16.7 Å². The molecule has 0 radical (unpaired) electrons. The van der Waals surface area contributed by atoms with Gasteiger partial charge in [0, 0.05) is 24.2 Å². The number of nitro benzene ring substituents is 1. The van der Waals surface area contributed by atoms with Crippen molar-refractivity contribution >= 4 is 11.4 Å². The fourth-order valence-electron chi connectivity index (χ4n) is 1.65. The highest BCUT2D eigenvalue weighted by molar-refractivity contribution is 5.51. The van der Waals surface area contributed by atoms with Crippen LogP contribution in [-0.2, 0) is 6.54 Å². The van der Waals surface area contributed by atoms with Crippen molar-refractivity contribution in [1.82, 2.24) is 0 Å². The van der Waals surface area contributed by atoms with Gasteiger partial charge in [-0.05, 0) is 18.2 Å². The van der Waals surface area contributed by atoms with Crippen molar-refractivity contribution in [3.8, 4) is 11.5 Å². The second kappa shape index (κ2) is 5.43. The van der Waals surface area contributed by atoms with E-state index in [2.05, 4.69) is 5.32 Å². The maximum atomic E-state index is 13.6. The molecule has 20 heavy (non-hydrogen) atoms. The van der Waals surface area contributed by atoms with Crippen LogP contribution in [0.2, 0.25) is 0 Å². The molecule has 0 aliphatic rings. The van der Waals surface area contributed by atoms with Crippen LogP contribution < -0.4 is 5.32 Å². The molecule has 0 aliphatic heterocycles. The number of benzene rings is 2. The van der Waals surface area contributed by atoms with Crippen molar-refractivity contribution in [3.63, 3.8) is 0 Å². The molecule has 2 rings (SSSR count). The van der Waals surface area contributed by atoms with Gasteiger partial charge in [-0.2, -0.15) is 0 Å². The van der Waals surface area contributed by atoms with Crippen LogP contribution in [0.4, 0.5) is 15.8 Å². The van der Waals surface area contributed by atoms with Crippen molar-refractivity contribution in [2.75, 3.05) is 5.32 Å². The molecule has 0 bridgehead atoms. The van der Waals surface area contributed by atoms with E-state index in [4.69, 9.17) is 5.11 Å². The lowest BCUT2D eigenvalue weighted by molar-refractivity contribution is -0.385. The van der Waals surface area contributed by atoms with Gasteiger partial charge < -0.3 is 15.5 Å². The van der Waals surface area contributed by atoms with Gasteiger partial charge in [-0.1, -0.05) is 0 Å². The molecule has 0 saturated carbocycles. The number of phenols is 2. The Morgan fingerprint density at radius 2 is 1.95 bits per heavy atom. The Morgan fingerprint density at radius 1 is 1.20 bits per heavy atom. The fourth-order valence-corrected chi connectivity index (χ4v) is 1.65. The Labute approximate surface area is 113 Å². The third-order valence-electron chi connectivity index (χ3n) is 2.70. The smallest absolute Gasteiger partial charge is 0.272 e. The number of hydrogen-bond donors (Lipinski definition) is 3. The third kappa shape index (κ3) is 2.94. The number of nitrogens with one attached hydrogen (secondary N) is 1. The van der Waals surface area contributed by atoms with E-state index in [1.807, 2.05) is 0 Å². The monoisotopic (exact) mass is 278 g/mol. The van der Waals surface area contributed by atoms with Gasteiger partial charge in [-0.25, -0.2) is 4.39 Å². The minimum atomic E-state index is -0.752. The van der Waals surface area contributed by atoms with Gasteiger partial charge in [0.15, 0.2) is 5.82 Å². The zero-order valence-electron chi connectivity index (χ0n) is 10.2. The van der Waals surface area contributed by atoms with E-state index in [1.165, 1.54) is 30.3 Å². The largest absolute Gasteiger partial charge is 0.508 e. The van der Waals surface area contributed by atoms with Crippen molar-refractivity contribution in [1.29, 1.82) is 0 Å². The van der Waals surface area contributed by atoms with Crippen molar-refractivity contribution in [2.24, 2.45) is 0 Å². The van der Waals surface area contributed by atoms with Crippen LogP contribution in [0.3, 0.4) is 0 Å². The molecule has 0 aromatic heterocycles. The van der Waals surface area contributed by atoms with Gasteiger partial charge in [0.2, 0.25) is 0 Å². The number of nitro groups is 1. The highest BCUT2D eigenvalue weighted by Crippen LogP contribution is 2.25. The molecule has 6 nitrogen and oxygen atoms in total. The molecule has 2 aromatic carbocycles. The van der Waals surface area contributed by atoms with Crippen LogP contribution in [0.5, 0.6) is 11.5 Å². The number of halogens is 1. The zero-order valence-corrected chi connectivity index (χ0v) is 10.2. The third-order valence-corrected chi connectivity index (χ3v) is 2.70. The topological polar surface area (TPSA) is 95.6 Å². The highest BCUT2D eigenvalue weighted by Gasteiger charge is 2.11. The van der Waals surface area contributed by atoms with E-state index in [-0.39, 0.29) is 29.4 Å². The van der Waals surface area contributed by atoms with Crippen LogP contribution in [-0.4, -0.2) is 15.1 Å². The molecule has 0 amide bonds. The van der Waals surface area contributed by atoms with Gasteiger partial charge in [0.1, 0.15) is 11.5 Å². The summed E-state index contributed by atoms with van der Waals surface area (Å²) < 4.78 is 13.6. The van der Waals surface area contributed by atoms with Crippen molar-refractivity contribution < 1.29 is 19.5 Å². The standard InChI is InChI=1S/C13H11FN2O4/c14-11-5-9(16(19)20)2-4-12(11)15-7-8-1-3-10(17)6-13(8)18/h1-6,15,17-18H,7H2. The van der Waals surface area contributed by atoms with Crippen molar-refractivity contribution in [2.45, 2.75) is 6.54 Å². The molecule has 0 unspecified atom stereocenters. The van der Waals surface area contributed by atoms with Gasteiger partial charge in [0.25, 0.3) is 5.69 Å². The molecule has 0 fully saturated rings. The maximum Gasteiger partial charge on any atom is 0.272 e. The maximum absolute atomic E-state index is 13.6. The number of nitrogens with zero attached hydrogens (tertiary/aromatic N) is 1. The number of hydrogen-bond acceptors (Lipinski definition) is 5. The Hall–Kier alpha value is -2.83. The lowest BCUT2D eigenvalue weighted by Crippen LogP contribution is -2.02. The van der Waals surface area contributed by atoms with Gasteiger partial charge in [-0.3, -0.25) is 10.1 Å². The number of phenolic OH excluding ortho intramolecular Hbond substituents is 2. The summed E-state index contributed by atoms with van der Waals surface area (Å²) in [6, 6.07) is 7.30. The van der Waals surface area contributed by atoms with Gasteiger partial charge in [-0.15, -0.1) is 0 Å². The zero-order chi connectivity index (χ0) is 14.7. The number of non-ortho nitro benzene ring substituents is 1. The Morgan fingerprint density at radius 3 is 2.55 bits per heavy atom. The van der Waals surface area contributed by atoms with Crippen LogP contribution in [0.1, 0.15) is 5.56 Å². The molecule has 3 N–H and O–H groups in total. The molecular weight excluding hydrogens is 267 g/mol. The summed E-state index contributed by atoms with van der Waals surface area (Å²) in [6.45, 7) is 0.112. The second-order valence-corrected chi connectivity index (χ2v) is 4.09. The molecular formula is C13H11FN2O4. The summed E-state index contributed by atoms with van der Waals surface area (Å²) in [7, 11) is 0. The first-order valence-electron chi connectivity index (χ1n) is 5.66. The normalized spacial score (nSPS) is 10.2. The minimum absolute atomic E-state index is 0.0761. The highest BCUT2D eigenvalue weighted by atomic mass is 19.1. The summed E-state index contributed by atoms with van der Waals surface area (Å²) in [5.41, 5.74) is 0.212. The quantitative estimate of drug-likeness (QED) is 0.590. The van der Waals surface area contributed by atoms with E-state index in [1.54, 1.807) is 0 Å². The SMILES string of the molecule is O=[N+]([O-])c1ccc(NCc2ccc(O)cc2O)c(F)c1. The summed E-state index contributed by atoms with van der Waals surface area (Å²) in [5, 5.41) is 31.9. The Kier molecular flexibility index (Phi) is 3.69. The number of rotatable bonds is 4. The van der Waals surface area contributed by atoms with Gasteiger partial charge >= 0.3 is 0 Å². The van der Waals surface area contributed by atoms with E-state index < -0.39 is 10.7 Å². The predicted molar refractivity (Wildman–Crippen MR) is 70.2 cm³/mol. The predicted octanol–water partition coefficient (Wildman–Crippen LogP) is 2.76. The summed E-state index contributed by atoms with van der Waals surface area (Å²) in [4.78, 5) is 9.80. The van der Waals surface area contributed by atoms with Crippen LogP contribution in [0, 0.1) is 15.9 Å². The van der Waals surface area contributed by atoms with Crippen LogP contribution >= 0.6 is 0 Å². The van der Waals surface area contributed by atoms with Crippen LogP contribution in [0.15, 0.2) is 36.4 Å². The Bertz CT molecular complexity index is 661. The van der Waals surface area contributed by atoms with E-state index in [9.17, 15) is 19.6 Å². The lowest BCUT2D eigenvalue weighted by atomic mass is 10.2. The van der Waals surface area contributed by atoms with Crippen molar-refractivity contribution in [3.05, 3.63) is 57.9 Å². The average Bonchev–Trinajstić information content (AvgIpc) is 2.38. The molecule has 0 heterocycles. The summed E-state index contributed by atoms with van der Waals surface area (Å²) in [5.74, 6) is -0.954. The Balaban J connectivity index is 2.13. The molecule has 104 valence electrons. The van der Waals surface area contributed by atoms with E-state index in [0.717, 1.165) is 6.07 Å². The summed E-state index contributed by atoms with van der Waals surface area (Å²) in [6.07, 6.45) is 0. The van der Waals surface area contributed by atoms with E-state index >= 15 is 0 Å². The fraction of sp³-hybridized carbons (Fsp3) is 0.0769. The first-order chi connectivity index (χ1) is 9.47. The molecule has 2 aromatic rings. The second-order valence-electron chi connectivity index (χ2n) is 4.09. The molecule has 0 saturated heterocycles. The molecule has 0 aliphatic carbocycles. The molecule has 0 spiro atoms. The first kappa shape index (κ1) is 13.6. The molecule has 7 heteroatoms. The van der Waals surface area contributed by atoms with Crippen LogP contribution in [0.25, 0.3) is 0 Å². The average molecular weight is 278 g/mol. The first-order valence-corrected chi connectivity index (χ1v) is 5.66. The number of aromatic hydroxyl groups is 2. The lowest BCUT2D eigenvalue weighted by Gasteiger charge is -2.09. The minimum Gasteiger partial charge on any atom is -0.508 e. The van der Waals surface area contributed by atoms with E-state index in [0.29, 0.717) is 5.56 Å². The summed E-state index contributed by atoms with van der Waals surface area (Å²) >= 11 is 0.